The fourth-order valence-electron chi connectivity index (χ4n) is 2.60. The van der Waals surface area contributed by atoms with Gasteiger partial charge in [0, 0.05) is 11.7 Å². The number of aryl methyl sites for hydroxylation is 1. The van der Waals surface area contributed by atoms with Gasteiger partial charge in [0.2, 0.25) is 0 Å². The Hall–Kier alpha value is -1.85. The van der Waals surface area contributed by atoms with Gasteiger partial charge in [0.25, 0.3) is 5.91 Å². The fourth-order valence-corrected chi connectivity index (χ4v) is 2.60. The van der Waals surface area contributed by atoms with Crippen molar-refractivity contribution in [2.75, 3.05) is 0 Å². The molecule has 1 aliphatic rings. The second kappa shape index (κ2) is 5.86. The molecule has 6 heteroatoms. The third-order valence-corrected chi connectivity index (χ3v) is 3.72. The van der Waals surface area contributed by atoms with Crippen LogP contribution in [0, 0.1) is 12.8 Å². The van der Waals surface area contributed by atoms with E-state index in [-0.39, 0.29) is 11.9 Å². The summed E-state index contributed by atoms with van der Waals surface area (Å²) in [4.78, 5) is 23.4. The van der Waals surface area contributed by atoms with Crippen molar-refractivity contribution >= 4 is 11.9 Å². The maximum atomic E-state index is 12.1. The quantitative estimate of drug-likeness (QED) is 0.721. The minimum absolute atomic E-state index is 0.246. The van der Waals surface area contributed by atoms with Gasteiger partial charge in [-0.3, -0.25) is 14.7 Å². The lowest BCUT2D eigenvalue weighted by molar-refractivity contribution is -0.142. The molecule has 1 aliphatic carbocycles. The van der Waals surface area contributed by atoms with Gasteiger partial charge in [-0.25, -0.2) is 0 Å². The Balaban J connectivity index is 2.08. The van der Waals surface area contributed by atoms with Crippen molar-refractivity contribution in [2.24, 2.45) is 5.92 Å². The van der Waals surface area contributed by atoms with Crippen LogP contribution in [0.2, 0.25) is 0 Å². The molecule has 1 heterocycles. The van der Waals surface area contributed by atoms with E-state index in [4.69, 9.17) is 0 Å². The molecular formula is C13H19N3O3. The molecule has 2 unspecified atom stereocenters. The van der Waals surface area contributed by atoms with Crippen molar-refractivity contribution in [3.8, 4) is 0 Å². The van der Waals surface area contributed by atoms with Crippen molar-refractivity contribution in [1.29, 1.82) is 0 Å². The van der Waals surface area contributed by atoms with Crippen LogP contribution in [-0.2, 0) is 4.79 Å². The normalized spacial score (nSPS) is 23.6. The number of carboxylic acid groups (broad SMARTS) is 1. The van der Waals surface area contributed by atoms with Crippen LogP contribution >= 0.6 is 0 Å². The molecule has 1 aromatic rings. The molecule has 1 fully saturated rings. The van der Waals surface area contributed by atoms with Gasteiger partial charge < -0.3 is 10.4 Å². The van der Waals surface area contributed by atoms with E-state index in [1.54, 1.807) is 6.92 Å². The largest absolute Gasteiger partial charge is 0.481 e. The SMILES string of the molecule is Cc1[nH]ncc1C(=O)NC1CCCCCC1C(=O)O. The average molecular weight is 265 g/mol. The Kier molecular flexibility index (Phi) is 4.19. The number of nitrogens with zero attached hydrogens (tertiary/aromatic N) is 1. The van der Waals surface area contributed by atoms with Crippen molar-refractivity contribution in [3.05, 3.63) is 17.5 Å². The number of carbonyl (C=O) groups excluding carboxylic acids is 1. The van der Waals surface area contributed by atoms with Gasteiger partial charge in [0.15, 0.2) is 0 Å². The first-order valence-electron chi connectivity index (χ1n) is 6.63. The second-order valence-electron chi connectivity index (χ2n) is 5.07. The molecule has 0 aromatic carbocycles. The van der Waals surface area contributed by atoms with E-state index < -0.39 is 11.9 Å². The molecule has 104 valence electrons. The first-order valence-corrected chi connectivity index (χ1v) is 6.63. The van der Waals surface area contributed by atoms with E-state index in [0.29, 0.717) is 17.7 Å². The Labute approximate surface area is 111 Å². The van der Waals surface area contributed by atoms with Crippen molar-refractivity contribution < 1.29 is 14.7 Å². The smallest absolute Gasteiger partial charge is 0.308 e. The van der Waals surface area contributed by atoms with Crippen LogP contribution < -0.4 is 5.32 Å². The summed E-state index contributed by atoms with van der Waals surface area (Å²) >= 11 is 0. The number of rotatable bonds is 3. The van der Waals surface area contributed by atoms with Gasteiger partial charge in [-0.15, -0.1) is 0 Å². The maximum Gasteiger partial charge on any atom is 0.308 e. The topological polar surface area (TPSA) is 95.1 Å². The maximum absolute atomic E-state index is 12.1. The van der Waals surface area contributed by atoms with Crippen LogP contribution in [0.25, 0.3) is 0 Å². The van der Waals surface area contributed by atoms with Crippen molar-refractivity contribution in [1.82, 2.24) is 15.5 Å². The lowest BCUT2D eigenvalue weighted by Gasteiger charge is -2.22. The Morgan fingerprint density at radius 3 is 2.74 bits per heavy atom. The number of carboxylic acids is 1. The number of aromatic amines is 1. The van der Waals surface area contributed by atoms with E-state index in [1.807, 2.05) is 0 Å². The van der Waals surface area contributed by atoms with E-state index in [2.05, 4.69) is 15.5 Å². The van der Waals surface area contributed by atoms with Crippen LogP contribution in [-0.4, -0.2) is 33.2 Å². The number of hydrogen-bond acceptors (Lipinski definition) is 3. The molecule has 0 spiro atoms. The van der Waals surface area contributed by atoms with Crippen LogP contribution in [0.1, 0.15) is 48.2 Å². The highest BCUT2D eigenvalue weighted by Crippen LogP contribution is 2.24. The third-order valence-electron chi connectivity index (χ3n) is 3.72. The van der Waals surface area contributed by atoms with Crippen molar-refractivity contribution in [3.63, 3.8) is 0 Å². The highest BCUT2D eigenvalue weighted by atomic mass is 16.4. The lowest BCUT2D eigenvalue weighted by Crippen LogP contribution is -2.42. The molecule has 19 heavy (non-hydrogen) atoms. The highest BCUT2D eigenvalue weighted by molar-refractivity contribution is 5.95. The summed E-state index contributed by atoms with van der Waals surface area (Å²) in [5.74, 6) is -1.56. The van der Waals surface area contributed by atoms with Gasteiger partial charge in [0.1, 0.15) is 0 Å². The van der Waals surface area contributed by atoms with Crippen LogP contribution in [0.3, 0.4) is 0 Å². The zero-order valence-corrected chi connectivity index (χ0v) is 11.0. The molecule has 1 saturated carbocycles. The summed E-state index contributed by atoms with van der Waals surface area (Å²) in [6.07, 6.45) is 5.72. The molecule has 3 N–H and O–H groups in total. The molecule has 2 atom stereocenters. The summed E-state index contributed by atoms with van der Waals surface area (Å²) in [7, 11) is 0. The number of amides is 1. The predicted molar refractivity (Wildman–Crippen MR) is 68.8 cm³/mol. The van der Waals surface area contributed by atoms with Crippen molar-refractivity contribution in [2.45, 2.75) is 45.1 Å². The number of nitrogens with one attached hydrogen (secondary N) is 2. The third kappa shape index (κ3) is 3.13. The first kappa shape index (κ1) is 13.6. The van der Waals surface area contributed by atoms with Gasteiger partial charge in [0.05, 0.1) is 17.7 Å². The minimum Gasteiger partial charge on any atom is -0.481 e. The lowest BCUT2D eigenvalue weighted by atomic mass is 9.94. The van der Waals surface area contributed by atoms with E-state index in [1.165, 1.54) is 6.20 Å². The van der Waals surface area contributed by atoms with Crippen LogP contribution in [0.4, 0.5) is 0 Å². The van der Waals surface area contributed by atoms with Gasteiger partial charge in [-0.05, 0) is 19.8 Å². The number of carbonyl (C=O) groups is 2. The average Bonchev–Trinajstić information content (AvgIpc) is 2.65. The van der Waals surface area contributed by atoms with Gasteiger partial charge in [-0.1, -0.05) is 19.3 Å². The fraction of sp³-hybridized carbons (Fsp3) is 0.615. The monoisotopic (exact) mass is 265 g/mol. The second-order valence-corrected chi connectivity index (χ2v) is 5.07. The Morgan fingerprint density at radius 2 is 2.11 bits per heavy atom. The Bertz CT molecular complexity index is 469. The summed E-state index contributed by atoms with van der Waals surface area (Å²) in [5.41, 5.74) is 1.17. The number of hydrogen-bond donors (Lipinski definition) is 3. The molecule has 0 radical (unpaired) electrons. The van der Waals surface area contributed by atoms with E-state index in [0.717, 1.165) is 25.7 Å². The molecule has 0 saturated heterocycles. The summed E-state index contributed by atoms with van der Waals surface area (Å²) < 4.78 is 0. The van der Waals surface area contributed by atoms with Gasteiger partial charge >= 0.3 is 5.97 Å². The van der Waals surface area contributed by atoms with Gasteiger partial charge in [-0.2, -0.15) is 5.10 Å². The number of aliphatic carboxylic acids is 1. The Morgan fingerprint density at radius 1 is 1.37 bits per heavy atom. The molecule has 1 amide bonds. The standard InChI is InChI=1S/C13H19N3O3/c1-8-10(7-14-16-8)12(17)15-11-6-4-2-3-5-9(11)13(18)19/h7,9,11H,2-6H2,1H3,(H,14,16)(H,15,17)(H,18,19). The van der Waals surface area contributed by atoms with E-state index in [9.17, 15) is 14.7 Å². The summed E-state index contributed by atoms with van der Waals surface area (Å²) in [6.45, 7) is 1.77. The minimum atomic E-state index is -0.823. The molecule has 0 bridgehead atoms. The molecule has 0 aliphatic heterocycles. The molecule has 6 nitrogen and oxygen atoms in total. The molecule has 1 aromatic heterocycles. The summed E-state index contributed by atoms with van der Waals surface area (Å²) in [5, 5.41) is 18.6. The number of aromatic nitrogens is 2. The molecular weight excluding hydrogens is 246 g/mol. The first-order chi connectivity index (χ1) is 9.09. The van der Waals surface area contributed by atoms with E-state index >= 15 is 0 Å². The molecule has 2 rings (SSSR count). The zero-order valence-electron chi connectivity index (χ0n) is 11.0. The predicted octanol–water partition coefficient (Wildman–Crippen LogP) is 1.48. The number of H-pyrrole nitrogens is 1. The highest BCUT2D eigenvalue weighted by Gasteiger charge is 2.31. The summed E-state index contributed by atoms with van der Waals surface area (Å²) in [6, 6.07) is -0.290. The van der Waals surface area contributed by atoms with Crippen LogP contribution in [0.15, 0.2) is 6.20 Å². The van der Waals surface area contributed by atoms with Crippen LogP contribution in [0.5, 0.6) is 0 Å². The zero-order chi connectivity index (χ0) is 13.8.